The highest BCUT2D eigenvalue weighted by Crippen LogP contribution is 2.20. The lowest BCUT2D eigenvalue weighted by Crippen LogP contribution is -2.50. The van der Waals surface area contributed by atoms with Gasteiger partial charge in [-0.3, -0.25) is 10.1 Å². The van der Waals surface area contributed by atoms with Crippen molar-refractivity contribution in [3.63, 3.8) is 0 Å². The standard InChI is InChI=1S/C16H36N.C6H5NO3/c1-5-9-13-17(14-10-6-2,15-11-7-3)16-12-8-4;8-6-4-2-1-3-5(6)7(9)10/h5-16H2,1-4H3;1-4,8H/q+1;/p-1. The van der Waals surface area contributed by atoms with E-state index in [0.717, 1.165) is 6.07 Å². The fourth-order valence-electron chi connectivity index (χ4n) is 3.25. The van der Waals surface area contributed by atoms with Crippen LogP contribution in [-0.2, 0) is 0 Å². The second kappa shape index (κ2) is 15.4. The summed E-state index contributed by atoms with van der Waals surface area (Å²) < 4.78 is 1.42. The molecule has 0 unspecified atom stereocenters. The lowest BCUT2D eigenvalue weighted by molar-refractivity contribution is -0.929. The summed E-state index contributed by atoms with van der Waals surface area (Å²) in [5, 5.41) is 20.6. The molecule has 156 valence electrons. The molecule has 0 radical (unpaired) electrons. The van der Waals surface area contributed by atoms with E-state index in [2.05, 4.69) is 27.7 Å². The average Bonchev–Trinajstić information content (AvgIpc) is 2.67. The molecule has 0 bridgehead atoms. The van der Waals surface area contributed by atoms with Crippen molar-refractivity contribution in [1.82, 2.24) is 0 Å². The SMILES string of the molecule is CCCC[N+](CCCC)(CCCC)CCCC.O=[N+]([O-])c1ccccc1[O-]. The molecular formula is C22H40N2O3. The zero-order chi connectivity index (χ0) is 20.5. The van der Waals surface area contributed by atoms with Crippen LogP contribution in [0.2, 0.25) is 0 Å². The Morgan fingerprint density at radius 2 is 1.15 bits per heavy atom. The van der Waals surface area contributed by atoms with Gasteiger partial charge in [0.25, 0.3) is 5.69 Å². The molecule has 5 nitrogen and oxygen atoms in total. The van der Waals surface area contributed by atoms with E-state index in [1.807, 2.05) is 0 Å². The van der Waals surface area contributed by atoms with Crippen molar-refractivity contribution in [3.8, 4) is 5.75 Å². The van der Waals surface area contributed by atoms with Gasteiger partial charge < -0.3 is 9.59 Å². The molecule has 0 spiro atoms. The minimum atomic E-state index is -0.692. The summed E-state index contributed by atoms with van der Waals surface area (Å²) in [5.41, 5.74) is -0.373. The van der Waals surface area contributed by atoms with E-state index in [9.17, 15) is 15.2 Å². The maximum absolute atomic E-state index is 10.6. The van der Waals surface area contributed by atoms with Gasteiger partial charge in [-0.2, -0.15) is 0 Å². The van der Waals surface area contributed by atoms with E-state index in [1.165, 1.54) is 100 Å². The van der Waals surface area contributed by atoms with E-state index >= 15 is 0 Å². The van der Waals surface area contributed by atoms with Gasteiger partial charge in [-0.05, 0) is 31.4 Å². The van der Waals surface area contributed by atoms with Crippen LogP contribution in [0.25, 0.3) is 0 Å². The van der Waals surface area contributed by atoms with Gasteiger partial charge in [-0.15, -0.1) is 0 Å². The van der Waals surface area contributed by atoms with Crippen molar-refractivity contribution in [3.05, 3.63) is 34.4 Å². The number of benzene rings is 1. The molecule has 0 saturated carbocycles. The van der Waals surface area contributed by atoms with Gasteiger partial charge in [0, 0.05) is 6.07 Å². The summed E-state index contributed by atoms with van der Waals surface area (Å²) in [6.07, 6.45) is 11.1. The van der Waals surface area contributed by atoms with Crippen molar-refractivity contribution in [1.29, 1.82) is 0 Å². The predicted octanol–water partition coefficient (Wildman–Crippen LogP) is 5.67. The van der Waals surface area contributed by atoms with Crippen LogP contribution in [0, 0.1) is 10.1 Å². The highest BCUT2D eigenvalue weighted by Gasteiger charge is 2.24. The Bertz CT molecular complexity index is 469. The molecule has 1 aromatic carbocycles. The molecule has 0 amide bonds. The predicted molar refractivity (Wildman–Crippen MR) is 112 cm³/mol. The van der Waals surface area contributed by atoms with Gasteiger partial charge in [-0.25, -0.2) is 0 Å². The Morgan fingerprint density at radius 1 is 0.778 bits per heavy atom. The van der Waals surface area contributed by atoms with Crippen molar-refractivity contribution in [2.45, 2.75) is 79.1 Å². The molecule has 0 N–H and O–H groups in total. The van der Waals surface area contributed by atoms with Crippen molar-refractivity contribution < 1.29 is 14.5 Å². The molecule has 1 rings (SSSR count). The Morgan fingerprint density at radius 3 is 1.41 bits per heavy atom. The first-order valence-electron chi connectivity index (χ1n) is 10.7. The smallest absolute Gasteiger partial charge is 0.261 e. The Hall–Kier alpha value is -1.62. The van der Waals surface area contributed by atoms with Gasteiger partial charge in [0.15, 0.2) is 0 Å². The highest BCUT2D eigenvalue weighted by atomic mass is 16.6. The molecule has 0 aliphatic heterocycles. The zero-order valence-corrected chi connectivity index (χ0v) is 17.9. The largest absolute Gasteiger partial charge is 0.868 e. The summed E-state index contributed by atoms with van der Waals surface area (Å²) >= 11 is 0. The van der Waals surface area contributed by atoms with Gasteiger partial charge in [0.2, 0.25) is 0 Å². The highest BCUT2D eigenvalue weighted by molar-refractivity contribution is 5.43. The lowest BCUT2D eigenvalue weighted by atomic mass is 10.1. The molecular weight excluding hydrogens is 340 g/mol. The zero-order valence-electron chi connectivity index (χ0n) is 17.9. The molecule has 27 heavy (non-hydrogen) atoms. The van der Waals surface area contributed by atoms with E-state index in [-0.39, 0.29) is 5.69 Å². The number of nitro benzene ring substituents is 1. The quantitative estimate of drug-likeness (QED) is 0.251. The first-order valence-corrected chi connectivity index (χ1v) is 10.7. The summed E-state index contributed by atoms with van der Waals surface area (Å²) in [5.74, 6) is -0.549. The third kappa shape index (κ3) is 11.0. The molecule has 5 heteroatoms. The van der Waals surface area contributed by atoms with E-state index < -0.39 is 10.7 Å². The van der Waals surface area contributed by atoms with Crippen molar-refractivity contribution in [2.24, 2.45) is 0 Å². The number of para-hydroxylation sites is 2. The monoisotopic (exact) mass is 380 g/mol. The number of nitro groups is 1. The van der Waals surface area contributed by atoms with Crippen LogP contribution < -0.4 is 5.11 Å². The van der Waals surface area contributed by atoms with Crippen LogP contribution in [-0.4, -0.2) is 35.6 Å². The van der Waals surface area contributed by atoms with Crippen LogP contribution in [0.3, 0.4) is 0 Å². The number of hydrogen-bond donors (Lipinski definition) is 0. The van der Waals surface area contributed by atoms with E-state index in [1.54, 1.807) is 0 Å². The van der Waals surface area contributed by atoms with Crippen molar-refractivity contribution >= 4 is 5.69 Å². The molecule has 1 aromatic rings. The van der Waals surface area contributed by atoms with Crippen molar-refractivity contribution in [2.75, 3.05) is 26.2 Å². The molecule has 0 aromatic heterocycles. The first-order chi connectivity index (χ1) is 13.0. The molecule has 0 aliphatic carbocycles. The Balaban J connectivity index is 0.000000569. The maximum Gasteiger partial charge on any atom is 0.261 e. The third-order valence-corrected chi connectivity index (χ3v) is 5.01. The minimum absolute atomic E-state index is 0.373. The van der Waals surface area contributed by atoms with Crippen LogP contribution in [0.4, 0.5) is 5.69 Å². The molecule has 0 saturated heterocycles. The third-order valence-electron chi connectivity index (χ3n) is 5.01. The number of quaternary nitrogens is 1. The van der Waals surface area contributed by atoms with E-state index in [4.69, 9.17) is 0 Å². The van der Waals surface area contributed by atoms with E-state index in [0.29, 0.717) is 0 Å². The fraction of sp³-hybridized carbons (Fsp3) is 0.727. The Kier molecular flexibility index (Phi) is 14.5. The molecule has 0 aliphatic rings. The second-order valence-electron chi connectivity index (χ2n) is 7.38. The molecule has 0 atom stereocenters. The summed E-state index contributed by atoms with van der Waals surface area (Å²) in [7, 11) is 0. The maximum atomic E-state index is 10.6. The second-order valence-corrected chi connectivity index (χ2v) is 7.38. The number of rotatable bonds is 13. The number of nitrogens with zero attached hydrogens (tertiary/aromatic N) is 2. The topological polar surface area (TPSA) is 66.2 Å². The van der Waals surface area contributed by atoms with Gasteiger partial charge >= 0.3 is 0 Å². The molecule has 0 heterocycles. The first kappa shape index (κ1) is 25.4. The Labute approximate surface area is 166 Å². The summed E-state index contributed by atoms with van der Waals surface area (Å²) in [4.78, 5) is 9.34. The van der Waals surface area contributed by atoms with Crippen LogP contribution in [0.5, 0.6) is 5.75 Å². The van der Waals surface area contributed by atoms with Crippen LogP contribution in [0.1, 0.15) is 79.1 Å². The van der Waals surface area contributed by atoms with Crippen LogP contribution >= 0.6 is 0 Å². The average molecular weight is 381 g/mol. The van der Waals surface area contributed by atoms with Gasteiger partial charge in [0.05, 0.1) is 31.1 Å². The lowest BCUT2D eigenvalue weighted by Gasteiger charge is -2.39. The summed E-state index contributed by atoms with van der Waals surface area (Å²) in [6.45, 7) is 15.0. The van der Waals surface area contributed by atoms with Crippen LogP contribution in [0.15, 0.2) is 24.3 Å². The normalized spacial score (nSPS) is 11.0. The number of hydrogen-bond acceptors (Lipinski definition) is 3. The van der Waals surface area contributed by atoms with Gasteiger partial charge in [0.1, 0.15) is 0 Å². The molecule has 0 fully saturated rings. The summed E-state index contributed by atoms with van der Waals surface area (Å²) in [6, 6.07) is 5.27. The number of unbranched alkanes of at least 4 members (excludes halogenated alkanes) is 4. The van der Waals surface area contributed by atoms with Gasteiger partial charge in [-0.1, -0.05) is 71.6 Å². The fourth-order valence-corrected chi connectivity index (χ4v) is 3.25. The minimum Gasteiger partial charge on any atom is -0.868 e.